The van der Waals surface area contributed by atoms with Gasteiger partial charge in [0.1, 0.15) is 0 Å². The fraction of sp³-hybridized carbons (Fsp3) is 0.286. The van der Waals surface area contributed by atoms with Crippen LogP contribution in [-0.4, -0.2) is 12.3 Å². The number of carbonyl (C=O) groups is 1. The molecule has 0 bridgehead atoms. The first-order valence-electron chi connectivity index (χ1n) is 3.14. The number of carbonyl (C=O) groups excluding carboxylic acids is 1. The minimum Gasteiger partial charge on any atom is -0.446 e. The van der Waals surface area contributed by atoms with E-state index in [2.05, 4.69) is 15.9 Å². The summed E-state index contributed by atoms with van der Waals surface area (Å²) in [7, 11) is 0. The maximum atomic E-state index is 11.0. The number of Topliss-reactive ketones (excluding diaryl/α,β-unsaturated/α-hetero) is 1. The number of halogens is 1. The van der Waals surface area contributed by atoms with E-state index in [-0.39, 0.29) is 12.3 Å². The Morgan fingerprint density at radius 3 is 2.82 bits per heavy atom. The van der Waals surface area contributed by atoms with Gasteiger partial charge in [0, 0.05) is 0 Å². The van der Waals surface area contributed by atoms with Crippen molar-refractivity contribution in [3.05, 3.63) is 22.1 Å². The number of nitrogens with two attached hydrogens (primary N) is 1. The molecular formula is C7H8BrNO2. The maximum Gasteiger partial charge on any atom is 0.211 e. The van der Waals surface area contributed by atoms with Crippen molar-refractivity contribution < 1.29 is 9.21 Å². The highest BCUT2D eigenvalue weighted by molar-refractivity contribution is 9.10. The zero-order valence-electron chi connectivity index (χ0n) is 6.06. The molecule has 4 heteroatoms. The van der Waals surface area contributed by atoms with Gasteiger partial charge in [0.05, 0.1) is 6.54 Å². The molecule has 1 aromatic rings. The van der Waals surface area contributed by atoms with E-state index in [0.717, 1.165) is 5.56 Å². The van der Waals surface area contributed by atoms with Crippen molar-refractivity contribution in [3.8, 4) is 0 Å². The Bertz CT molecular complexity index is 280. The second kappa shape index (κ2) is 3.19. The predicted molar refractivity (Wildman–Crippen MR) is 44.5 cm³/mol. The lowest BCUT2D eigenvalue weighted by atomic mass is 10.2. The second-order valence-corrected chi connectivity index (χ2v) is 2.97. The van der Waals surface area contributed by atoms with E-state index >= 15 is 0 Å². The van der Waals surface area contributed by atoms with E-state index in [1.54, 1.807) is 13.0 Å². The average Bonchev–Trinajstić information content (AvgIpc) is 2.28. The molecule has 2 N–H and O–H groups in total. The third kappa shape index (κ3) is 1.70. The van der Waals surface area contributed by atoms with Gasteiger partial charge in [-0.1, -0.05) is 0 Å². The molecule has 0 saturated carbocycles. The molecule has 0 unspecified atom stereocenters. The monoisotopic (exact) mass is 217 g/mol. The molecule has 0 radical (unpaired) electrons. The Hall–Kier alpha value is -0.610. The number of furan rings is 1. The summed E-state index contributed by atoms with van der Waals surface area (Å²) in [6.07, 6.45) is 0. The Kier molecular flexibility index (Phi) is 2.46. The SMILES string of the molecule is Cc1cc(Br)oc1C(=O)CN. The highest BCUT2D eigenvalue weighted by Gasteiger charge is 2.12. The molecule has 0 aromatic carbocycles. The first-order chi connectivity index (χ1) is 5.15. The van der Waals surface area contributed by atoms with Crippen LogP contribution < -0.4 is 5.73 Å². The summed E-state index contributed by atoms with van der Waals surface area (Å²) >= 11 is 3.12. The summed E-state index contributed by atoms with van der Waals surface area (Å²) in [5.41, 5.74) is 5.97. The van der Waals surface area contributed by atoms with Crippen molar-refractivity contribution in [2.75, 3.05) is 6.54 Å². The summed E-state index contributed by atoms with van der Waals surface area (Å²) in [5, 5.41) is 0. The molecule has 0 aliphatic heterocycles. The van der Waals surface area contributed by atoms with Crippen LogP contribution in [0, 0.1) is 6.92 Å². The molecule has 3 nitrogen and oxygen atoms in total. The number of hydrogen-bond donors (Lipinski definition) is 1. The van der Waals surface area contributed by atoms with Crippen molar-refractivity contribution in [1.29, 1.82) is 0 Å². The molecule has 0 amide bonds. The van der Waals surface area contributed by atoms with Gasteiger partial charge in [-0.25, -0.2) is 0 Å². The number of hydrogen-bond acceptors (Lipinski definition) is 3. The van der Waals surface area contributed by atoms with Crippen molar-refractivity contribution >= 4 is 21.7 Å². The van der Waals surface area contributed by atoms with Crippen LogP contribution in [0.15, 0.2) is 15.2 Å². The molecule has 0 fully saturated rings. The van der Waals surface area contributed by atoms with E-state index < -0.39 is 0 Å². The Morgan fingerprint density at radius 1 is 1.82 bits per heavy atom. The van der Waals surface area contributed by atoms with Crippen LogP contribution in [-0.2, 0) is 0 Å². The minimum atomic E-state index is -0.173. The summed E-state index contributed by atoms with van der Waals surface area (Å²) < 4.78 is 5.62. The van der Waals surface area contributed by atoms with Crippen LogP contribution in [0.4, 0.5) is 0 Å². The van der Waals surface area contributed by atoms with Crippen LogP contribution >= 0.6 is 15.9 Å². The fourth-order valence-corrected chi connectivity index (χ4v) is 1.32. The van der Waals surface area contributed by atoms with Crippen molar-refractivity contribution in [2.45, 2.75) is 6.92 Å². The van der Waals surface area contributed by atoms with Crippen LogP contribution in [0.2, 0.25) is 0 Å². The molecule has 60 valence electrons. The molecular weight excluding hydrogens is 210 g/mol. The maximum absolute atomic E-state index is 11.0. The topological polar surface area (TPSA) is 56.2 Å². The molecule has 1 aromatic heterocycles. The van der Waals surface area contributed by atoms with E-state index in [9.17, 15) is 4.79 Å². The zero-order valence-corrected chi connectivity index (χ0v) is 7.64. The van der Waals surface area contributed by atoms with Gasteiger partial charge in [-0.15, -0.1) is 0 Å². The summed E-state index contributed by atoms with van der Waals surface area (Å²) in [6, 6.07) is 1.74. The average molecular weight is 218 g/mol. The van der Waals surface area contributed by atoms with Crippen molar-refractivity contribution in [1.82, 2.24) is 0 Å². The van der Waals surface area contributed by atoms with Gasteiger partial charge in [-0.05, 0) is 34.5 Å². The van der Waals surface area contributed by atoms with Gasteiger partial charge in [0.25, 0.3) is 0 Å². The summed E-state index contributed by atoms with van der Waals surface area (Å²) in [4.78, 5) is 11.0. The second-order valence-electron chi connectivity index (χ2n) is 2.19. The molecule has 11 heavy (non-hydrogen) atoms. The normalized spacial score (nSPS) is 10.1. The van der Waals surface area contributed by atoms with Crippen LogP contribution in [0.25, 0.3) is 0 Å². The Morgan fingerprint density at radius 2 is 2.45 bits per heavy atom. The Balaban J connectivity index is 3.03. The summed E-state index contributed by atoms with van der Waals surface area (Å²) in [5.74, 6) is 0.174. The highest BCUT2D eigenvalue weighted by Crippen LogP contribution is 2.19. The van der Waals surface area contributed by atoms with Gasteiger partial charge in [0.2, 0.25) is 5.78 Å². The quantitative estimate of drug-likeness (QED) is 0.765. The molecule has 0 saturated heterocycles. The van der Waals surface area contributed by atoms with Gasteiger partial charge in [0.15, 0.2) is 10.4 Å². The Labute approximate surface area is 72.7 Å². The highest BCUT2D eigenvalue weighted by atomic mass is 79.9. The fourth-order valence-electron chi connectivity index (χ4n) is 0.813. The number of ketones is 1. The van der Waals surface area contributed by atoms with Crippen LogP contribution in [0.1, 0.15) is 16.1 Å². The van der Waals surface area contributed by atoms with Crippen LogP contribution in [0.5, 0.6) is 0 Å². The van der Waals surface area contributed by atoms with Gasteiger partial charge >= 0.3 is 0 Å². The van der Waals surface area contributed by atoms with E-state index in [1.807, 2.05) is 0 Å². The molecule has 1 heterocycles. The van der Waals surface area contributed by atoms with Crippen molar-refractivity contribution in [2.24, 2.45) is 5.73 Å². The lowest BCUT2D eigenvalue weighted by Gasteiger charge is -1.91. The molecule has 0 spiro atoms. The molecule has 0 aliphatic carbocycles. The zero-order chi connectivity index (χ0) is 8.43. The lowest BCUT2D eigenvalue weighted by Crippen LogP contribution is -2.13. The number of aryl methyl sites for hydroxylation is 1. The van der Waals surface area contributed by atoms with Gasteiger partial charge in [-0.2, -0.15) is 0 Å². The first-order valence-corrected chi connectivity index (χ1v) is 3.93. The molecule has 0 atom stereocenters. The van der Waals surface area contributed by atoms with E-state index in [1.165, 1.54) is 0 Å². The molecule has 0 aliphatic rings. The predicted octanol–water partition coefficient (Wildman–Crippen LogP) is 1.49. The van der Waals surface area contributed by atoms with Crippen LogP contribution in [0.3, 0.4) is 0 Å². The molecule has 1 rings (SSSR count). The standard InChI is InChI=1S/C7H8BrNO2/c1-4-2-6(8)11-7(4)5(10)3-9/h2H,3,9H2,1H3. The number of rotatable bonds is 2. The third-order valence-corrected chi connectivity index (χ3v) is 1.72. The smallest absolute Gasteiger partial charge is 0.211 e. The summed E-state index contributed by atoms with van der Waals surface area (Å²) in [6.45, 7) is 1.79. The van der Waals surface area contributed by atoms with E-state index in [4.69, 9.17) is 10.2 Å². The van der Waals surface area contributed by atoms with Gasteiger partial charge < -0.3 is 10.2 Å². The third-order valence-electron chi connectivity index (χ3n) is 1.33. The minimum absolute atomic E-state index is 0.0131. The first kappa shape index (κ1) is 8.49. The largest absolute Gasteiger partial charge is 0.446 e. The van der Waals surface area contributed by atoms with Crippen molar-refractivity contribution in [3.63, 3.8) is 0 Å². The lowest BCUT2D eigenvalue weighted by molar-refractivity contribution is 0.0973. The van der Waals surface area contributed by atoms with E-state index in [0.29, 0.717) is 10.4 Å². The van der Waals surface area contributed by atoms with Gasteiger partial charge in [-0.3, -0.25) is 4.79 Å².